The number of allylic oxidation sites excluding steroid dienone is 8. The molecule has 11 aromatic rings. The van der Waals surface area contributed by atoms with Gasteiger partial charge in [-0.1, -0.05) is 71.9 Å². The van der Waals surface area contributed by atoms with Crippen LogP contribution in [0.3, 0.4) is 0 Å². The van der Waals surface area contributed by atoms with E-state index >= 15 is 0 Å². The van der Waals surface area contributed by atoms with Crippen molar-refractivity contribution >= 4 is 183 Å². The van der Waals surface area contributed by atoms with E-state index in [1.54, 1.807) is 179 Å². The molecule has 3 heterocycles. The number of carbonyl (C=O) groups excluding carboxylic acids is 3. The maximum absolute atomic E-state index is 14.8. The van der Waals surface area contributed by atoms with Gasteiger partial charge in [0.05, 0.1) is 11.1 Å². The molecular weight excluding hydrogens is 1870 g/mol. The third kappa shape index (κ3) is 28.2. The van der Waals surface area contributed by atoms with Gasteiger partial charge in [0, 0.05) is 215 Å². The molecule has 0 bridgehead atoms. The number of phenolic OH excluding ortho intramolecular Hbond substituents is 11. The van der Waals surface area contributed by atoms with E-state index in [2.05, 4.69) is 18.0 Å². The van der Waals surface area contributed by atoms with Crippen molar-refractivity contribution in [2.45, 2.75) is 73.1 Å². The summed E-state index contributed by atoms with van der Waals surface area (Å²) in [7, 11) is 18.1. The Morgan fingerprint density at radius 2 is 0.951 bits per heavy atom. The summed E-state index contributed by atoms with van der Waals surface area (Å²) in [6, 6.07) is 33.3. The summed E-state index contributed by atoms with van der Waals surface area (Å²) in [5, 5.41) is 125. The molecule has 0 radical (unpaired) electrons. The zero-order valence-corrected chi connectivity index (χ0v) is 82.9. The molecule has 0 fully saturated rings. The maximum atomic E-state index is 14.8. The minimum absolute atomic E-state index is 0. The number of benzene rings is 8. The number of esters is 1. The van der Waals surface area contributed by atoms with E-state index in [1.807, 2.05) is 27.7 Å². The predicted molar refractivity (Wildman–Crippen MR) is 498 cm³/mol. The van der Waals surface area contributed by atoms with Crippen LogP contribution < -0.4 is 129 Å². The molecular formula is C84H74K2O23S13. The fourth-order valence-corrected chi connectivity index (χ4v) is 37.0. The molecule has 11 N–H and O–H groups in total. The molecule has 8 aromatic carbocycles. The molecule has 0 saturated heterocycles. The van der Waals surface area contributed by atoms with E-state index < -0.39 is 57.6 Å². The van der Waals surface area contributed by atoms with Crippen LogP contribution in [0.2, 0.25) is 0 Å². The van der Waals surface area contributed by atoms with Gasteiger partial charge in [-0.05, 0) is 169 Å². The quantitative estimate of drug-likeness (QED) is 0.00524. The zero-order chi connectivity index (χ0) is 87.8. The Hall–Kier alpha value is -7.67. The Morgan fingerprint density at radius 1 is 0.525 bits per heavy atom. The summed E-state index contributed by atoms with van der Waals surface area (Å²) in [6.07, 6.45) is 10.5. The molecule has 628 valence electrons. The third-order valence-corrected chi connectivity index (χ3v) is 39.7. The normalized spacial score (nSPS) is 12.9. The van der Waals surface area contributed by atoms with Crippen LogP contribution in [0.15, 0.2) is 227 Å². The van der Waals surface area contributed by atoms with Gasteiger partial charge in [-0.2, -0.15) is 0 Å². The van der Waals surface area contributed by atoms with Crippen molar-refractivity contribution in [1.29, 1.82) is 0 Å². The first-order valence-corrected chi connectivity index (χ1v) is 50.8. The number of ketones is 1. The number of phenols is 11. The van der Waals surface area contributed by atoms with Gasteiger partial charge in [0.25, 0.3) is 6.47 Å². The number of rotatable bonds is 15. The molecule has 0 spiro atoms. The Morgan fingerprint density at radius 3 is 1.39 bits per heavy atom. The van der Waals surface area contributed by atoms with Gasteiger partial charge in [-0.15, -0.1) is 0 Å². The Labute approximate surface area is 825 Å². The number of Topliss-reactive ketones (excluding diaryl/α,β-unsaturated/α-hetero) is 1. The molecule has 3 aromatic heterocycles. The van der Waals surface area contributed by atoms with Crippen molar-refractivity contribution in [1.82, 2.24) is 0 Å². The number of hydrogen-bond donors (Lipinski definition) is 11. The SMILES string of the molecule is C=C(C)/C=C/c1c(C)cc2oc(-c3ccc(OC(C)=O)cc3)cc(=O)c2c1O.C=C(C)/C=C/c1c(O)cc2oc(-c3ccc(O)cc3)cc(=O)c2c1O.CC(C)=CCc1c(O)ccc(C(=O)[C@H]2[C@@H](c3c(O)cc4oc(-c5ccc(O)cc5)cc(=O)c4c3O)C=C(C)C[C@@H]2c2ccc(O)cc2O)c1O.O=CO[O-].S=S=S=S=S=S=S=S=S=S=S=S=S.[H-].[K+].[K+]. The van der Waals surface area contributed by atoms with Crippen molar-refractivity contribution in [2.75, 3.05) is 0 Å². The summed E-state index contributed by atoms with van der Waals surface area (Å²) in [5.74, 6) is -5.69. The van der Waals surface area contributed by atoms with Gasteiger partial charge < -0.3 is 85.7 Å². The minimum Gasteiger partial charge on any atom is -1.00 e. The summed E-state index contributed by atoms with van der Waals surface area (Å²) < 4.78 is 22.5. The van der Waals surface area contributed by atoms with Crippen molar-refractivity contribution in [3.05, 3.63) is 269 Å². The van der Waals surface area contributed by atoms with Gasteiger partial charge in [-0.25, -0.2) is 0 Å². The molecule has 12 rings (SSSR count). The molecule has 0 unspecified atom stereocenters. The minimum atomic E-state index is -1.18. The smallest absolute Gasteiger partial charge is 1.00 e. The second-order valence-electron chi connectivity index (χ2n) is 26.3. The summed E-state index contributed by atoms with van der Waals surface area (Å²) >= 11 is 9.40. The van der Waals surface area contributed by atoms with Crippen LogP contribution in [-0.2, 0) is 141 Å². The third-order valence-electron chi connectivity index (χ3n) is 17.5. The van der Waals surface area contributed by atoms with Crippen molar-refractivity contribution in [3.63, 3.8) is 0 Å². The Bertz CT molecular complexity index is 6690. The number of carbonyl (C=O) groups is 3. The average molecular weight is 1950 g/mol. The van der Waals surface area contributed by atoms with Gasteiger partial charge in [0.1, 0.15) is 119 Å². The first-order valence-electron chi connectivity index (χ1n) is 34.8. The number of ether oxygens (including phenoxy) is 1. The second-order valence-corrected chi connectivity index (χ2v) is 45.7. The monoisotopic (exact) mass is 1940 g/mol. The molecule has 0 amide bonds. The van der Waals surface area contributed by atoms with Crippen LogP contribution in [0, 0.1) is 12.8 Å². The maximum Gasteiger partial charge on any atom is 1.00 e. The summed E-state index contributed by atoms with van der Waals surface area (Å²) in [6.45, 7) is 19.6. The standard InChI is InChI=1S/C40H36O10.C23H20O5.C20H16O5.CH2O3.2K.S13.H/c1-19(2)4-10-25-29(43)13-12-26(38(25)47)39(48)35-27(24-11-9-23(42)16-30(24)44)14-20(3)15-28(35)36-31(45)18-34-37(40(36)49)32(46)17-33(50-34)21-5-7-22(41)8-6-21;1-13(2)5-10-18-14(3)11-21-22(23(18)26)19(25)12-20(28-21)16-6-8-17(9-7-16)27-15(4)24;1-11(2)3-8-14-15(22)9-18-19(20(14)24)16(23)10-17(25-18)12-4-6-13(21)7-5-12;2-1-4-3;;;1-3-5-7-9-11-13-12-10-8-6-4-2;/h4-9,11-13,15-18,27-28,35,41-45,47,49H,10,14H2,1-3H3;5-12,26H,1H2,2-4H3;3-10,21-22,24H,1H2,2H3;1,3H;;;;/q;;;;2*+1;;-1/p-1/b;10-5+;8-3+;;;;;/t27-,28+,35-;;;;;;;/m1......./s1. The van der Waals surface area contributed by atoms with Crippen LogP contribution in [0.5, 0.6) is 69.0 Å². The second kappa shape index (κ2) is 49.9. The molecule has 122 heavy (non-hydrogen) atoms. The van der Waals surface area contributed by atoms with Crippen LogP contribution in [0.1, 0.15) is 105 Å². The molecule has 1 aliphatic carbocycles. The molecule has 1 aliphatic rings. The van der Waals surface area contributed by atoms with E-state index in [0.29, 0.717) is 44.9 Å². The molecule has 3 atom stereocenters. The summed E-state index contributed by atoms with van der Waals surface area (Å²) in [4.78, 5) is 75.7. The number of hydrogen-bond acceptors (Lipinski definition) is 25. The van der Waals surface area contributed by atoms with Crippen LogP contribution in [0.4, 0.5) is 0 Å². The van der Waals surface area contributed by atoms with Crippen LogP contribution in [-0.4, -0.2) is 74.4 Å². The van der Waals surface area contributed by atoms with E-state index in [-0.39, 0.29) is 236 Å². The van der Waals surface area contributed by atoms with Crippen LogP contribution in [0.25, 0.3) is 79.0 Å². The Kier molecular flexibility index (Phi) is 42.2. The molecule has 0 aliphatic heterocycles. The average Bonchev–Trinajstić information content (AvgIpc) is 0.733. The molecule has 23 nitrogen and oxygen atoms in total. The van der Waals surface area contributed by atoms with E-state index in [9.17, 15) is 80.1 Å². The van der Waals surface area contributed by atoms with E-state index in [0.717, 1.165) is 33.9 Å². The molecule has 38 heteroatoms. The number of aryl methyl sites for hydroxylation is 1. The van der Waals surface area contributed by atoms with Crippen molar-refractivity contribution in [2.24, 2.45) is 5.92 Å². The Balaban J connectivity index is 0.000000313. The topological polar surface area (TPSA) is 406 Å². The number of aromatic hydroxyl groups is 11. The predicted octanol–water partition coefficient (Wildman–Crippen LogP) is 9.30. The van der Waals surface area contributed by atoms with Gasteiger partial charge in [0.15, 0.2) is 22.1 Å². The number of fused-ring (bicyclic) bond motifs is 3. The zero-order valence-electron chi connectivity index (χ0n) is 67.0. The van der Waals surface area contributed by atoms with Crippen LogP contribution >= 0.6 is 0 Å². The fraction of sp³-hybridized carbons (Fsp3) is 0.143. The van der Waals surface area contributed by atoms with Gasteiger partial charge in [0.2, 0.25) is 0 Å². The van der Waals surface area contributed by atoms with E-state index in [4.69, 9.17) is 50.4 Å². The van der Waals surface area contributed by atoms with Crippen molar-refractivity contribution < 1.29 is 203 Å². The fourth-order valence-electron chi connectivity index (χ4n) is 12.3. The first kappa shape index (κ1) is 103. The van der Waals surface area contributed by atoms with E-state index in [1.165, 1.54) is 110 Å². The van der Waals surface area contributed by atoms with Gasteiger partial charge >= 0.3 is 109 Å². The largest absolute Gasteiger partial charge is 1.00 e. The van der Waals surface area contributed by atoms with Crippen molar-refractivity contribution in [3.8, 4) is 103 Å². The summed E-state index contributed by atoms with van der Waals surface area (Å²) in [5.41, 5.74) is 5.42. The first-order chi connectivity index (χ1) is 57.2. The van der Waals surface area contributed by atoms with Gasteiger partial charge in [-0.3, -0.25) is 28.8 Å². The molecule has 0 saturated carbocycles.